The van der Waals surface area contributed by atoms with Gasteiger partial charge in [0.25, 0.3) is 0 Å². The van der Waals surface area contributed by atoms with Gasteiger partial charge in [0.1, 0.15) is 12.7 Å². The van der Waals surface area contributed by atoms with Gasteiger partial charge in [0, 0.05) is 5.56 Å². The van der Waals surface area contributed by atoms with E-state index in [0.717, 1.165) is 0 Å². The maximum atomic E-state index is 12.6. The number of hydrogen-bond acceptors (Lipinski definition) is 4. The largest absolute Gasteiger partial charge is 0.573 e. The number of rotatable bonds is 4. The average Bonchev–Trinajstić information content (AvgIpc) is 2.27. The Kier molecular flexibility index (Phi) is 4.26. The molecule has 0 saturated carbocycles. The van der Waals surface area contributed by atoms with Gasteiger partial charge in [-0.25, -0.2) is 9.37 Å². The number of aromatic nitrogens is 1. The highest BCUT2D eigenvalue weighted by atomic mass is 19.4. The minimum atomic E-state index is -5.06. The summed E-state index contributed by atoms with van der Waals surface area (Å²) in [6, 6.07) is 1.95. The summed E-state index contributed by atoms with van der Waals surface area (Å²) in [6.45, 7) is -1.23. The molecule has 19 heavy (non-hydrogen) atoms. The first-order valence-electron chi connectivity index (χ1n) is 4.73. The molecule has 9 heteroatoms. The molecule has 1 rings (SSSR count). The number of hydrogen-bond donors (Lipinski definition) is 1. The molecule has 0 aliphatic heterocycles. The maximum absolute atomic E-state index is 12.6. The van der Waals surface area contributed by atoms with Gasteiger partial charge in [-0.3, -0.25) is 4.79 Å². The SMILES string of the molecule is N#Cc1nc(CC(=O)O)c(CF)cc1OC(F)(F)F. The first kappa shape index (κ1) is 14.7. The summed E-state index contributed by atoms with van der Waals surface area (Å²) in [4.78, 5) is 13.9. The lowest BCUT2D eigenvalue weighted by Gasteiger charge is -2.12. The molecule has 0 aliphatic rings. The molecule has 0 saturated heterocycles. The molecule has 1 N–H and O–H groups in total. The van der Waals surface area contributed by atoms with E-state index in [4.69, 9.17) is 10.4 Å². The van der Waals surface area contributed by atoms with Crippen LogP contribution in [0, 0.1) is 11.3 Å². The van der Waals surface area contributed by atoms with Gasteiger partial charge in [-0.15, -0.1) is 13.2 Å². The van der Waals surface area contributed by atoms with Crippen LogP contribution < -0.4 is 4.74 Å². The highest BCUT2D eigenvalue weighted by Gasteiger charge is 2.33. The number of aliphatic carboxylic acids is 1. The van der Waals surface area contributed by atoms with Crippen molar-refractivity contribution < 1.29 is 32.2 Å². The van der Waals surface area contributed by atoms with Gasteiger partial charge in [0.15, 0.2) is 11.4 Å². The minimum Gasteiger partial charge on any atom is -0.481 e. The second kappa shape index (κ2) is 5.51. The summed E-state index contributed by atoms with van der Waals surface area (Å²) in [5.74, 6) is -2.31. The van der Waals surface area contributed by atoms with E-state index < -0.39 is 36.9 Å². The number of alkyl halides is 4. The van der Waals surface area contributed by atoms with Crippen LogP contribution in [-0.2, 0) is 17.9 Å². The van der Waals surface area contributed by atoms with Crippen LogP contribution in [0.25, 0.3) is 0 Å². The molecule has 0 aromatic carbocycles. The Labute approximate surface area is 104 Å². The molecular weight excluding hydrogens is 272 g/mol. The fraction of sp³-hybridized carbons (Fsp3) is 0.300. The maximum Gasteiger partial charge on any atom is 0.573 e. The molecule has 0 spiro atoms. The van der Waals surface area contributed by atoms with E-state index >= 15 is 0 Å². The lowest BCUT2D eigenvalue weighted by atomic mass is 10.1. The quantitative estimate of drug-likeness (QED) is 0.851. The molecule has 0 amide bonds. The van der Waals surface area contributed by atoms with Crippen LogP contribution in [0.5, 0.6) is 5.75 Å². The zero-order chi connectivity index (χ0) is 14.6. The van der Waals surface area contributed by atoms with Crippen molar-refractivity contribution in [1.82, 2.24) is 4.98 Å². The van der Waals surface area contributed by atoms with Gasteiger partial charge in [-0.05, 0) is 6.07 Å². The van der Waals surface area contributed by atoms with Crippen LogP contribution in [0.15, 0.2) is 6.07 Å². The van der Waals surface area contributed by atoms with E-state index in [1.807, 2.05) is 0 Å². The van der Waals surface area contributed by atoms with E-state index in [1.54, 1.807) is 0 Å². The Hall–Kier alpha value is -2.37. The van der Waals surface area contributed by atoms with Crippen LogP contribution in [0.1, 0.15) is 17.0 Å². The molecule has 0 aliphatic carbocycles. The van der Waals surface area contributed by atoms with Gasteiger partial charge in [0.05, 0.1) is 12.1 Å². The van der Waals surface area contributed by atoms with Gasteiger partial charge in [-0.1, -0.05) is 0 Å². The number of carbonyl (C=O) groups is 1. The molecule has 1 heterocycles. The highest BCUT2D eigenvalue weighted by Crippen LogP contribution is 2.27. The summed E-state index contributed by atoms with van der Waals surface area (Å²) in [5, 5.41) is 17.2. The monoisotopic (exact) mass is 278 g/mol. The Balaban J connectivity index is 3.28. The molecule has 1 aromatic rings. The third kappa shape index (κ3) is 4.09. The van der Waals surface area contributed by atoms with Crippen molar-refractivity contribution in [2.75, 3.05) is 0 Å². The van der Waals surface area contributed by atoms with E-state index in [1.165, 1.54) is 6.07 Å². The first-order chi connectivity index (χ1) is 8.76. The Morgan fingerprint density at radius 1 is 1.53 bits per heavy atom. The normalized spacial score (nSPS) is 10.9. The van der Waals surface area contributed by atoms with Gasteiger partial charge in [0.2, 0.25) is 0 Å². The standard InChI is InChI=1S/C10H6F4N2O3/c11-3-5-1-8(19-10(12,13)14)7(4-15)16-6(5)2-9(17)18/h1H,2-3H2,(H,17,18). The third-order valence-corrected chi connectivity index (χ3v) is 1.95. The summed E-state index contributed by atoms with van der Waals surface area (Å²) in [6.07, 6.45) is -5.77. The molecule has 0 fully saturated rings. The van der Waals surface area contributed by atoms with Crippen molar-refractivity contribution in [2.24, 2.45) is 0 Å². The number of halogens is 4. The molecule has 0 bridgehead atoms. The number of nitriles is 1. The van der Waals surface area contributed by atoms with Crippen molar-refractivity contribution in [2.45, 2.75) is 19.5 Å². The van der Waals surface area contributed by atoms with E-state index in [9.17, 15) is 22.4 Å². The molecule has 1 aromatic heterocycles. The molecule has 0 radical (unpaired) electrons. The van der Waals surface area contributed by atoms with Gasteiger partial charge in [-0.2, -0.15) is 5.26 Å². The van der Waals surface area contributed by atoms with Crippen molar-refractivity contribution in [3.05, 3.63) is 23.0 Å². The van der Waals surface area contributed by atoms with Gasteiger partial charge >= 0.3 is 12.3 Å². The van der Waals surface area contributed by atoms with E-state index in [2.05, 4.69) is 9.72 Å². The minimum absolute atomic E-state index is 0.318. The number of carboxylic acids is 1. The summed E-state index contributed by atoms with van der Waals surface area (Å²) in [5.41, 5.74) is -1.45. The molecular formula is C10H6F4N2O3. The molecule has 0 atom stereocenters. The third-order valence-electron chi connectivity index (χ3n) is 1.95. The number of pyridine rings is 1. The first-order valence-corrected chi connectivity index (χ1v) is 4.73. The summed E-state index contributed by atoms with van der Waals surface area (Å²) < 4.78 is 52.3. The smallest absolute Gasteiger partial charge is 0.481 e. The number of ether oxygens (including phenoxy) is 1. The van der Waals surface area contributed by atoms with Crippen LogP contribution in [0.2, 0.25) is 0 Å². The van der Waals surface area contributed by atoms with Crippen LogP contribution in [-0.4, -0.2) is 22.4 Å². The Morgan fingerprint density at radius 2 is 2.16 bits per heavy atom. The molecule has 5 nitrogen and oxygen atoms in total. The summed E-state index contributed by atoms with van der Waals surface area (Å²) >= 11 is 0. The van der Waals surface area contributed by atoms with Crippen LogP contribution >= 0.6 is 0 Å². The van der Waals surface area contributed by atoms with E-state index in [0.29, 0.717) is 6.07 Å². The Morgan fingerprint density at radius 3 is 2.58 bits per heavy atom. The average molecular weight is 278 g/mol. The zero-order valence-electron chi connectivity index (χ0n) is 9.16. The number of carboxylic acid groups (broad SMARTS) is 1. The van der Waals surface area contributed by atoms with Gasteiger partial charge < -0.3 is 9.84 Å². The van der Waals surface area contributed by atoms with Crippen molar-refractivity contribution in [1.29, 1.82) is 5.26 Å². The van der Waals surface area contributed by atoms with Crippen molar-refractivity contribution in [3.8, 4) is 11.8 Å². The predicted molar refractivity (Wildman–Crippen MR) is 51.8 cm³/mol. The second-order valence-corrected chi connectivity index (χ2v) is 3.30. The fourth-order valence-corrected chi connectivity index (χ4v) is 1.27. The van der Waals surface area contributed by atoms with Crippen LogP contribution in [0.3, 0.4) is 0 Å². The predicted octanol–water partition coefficient (Wildman–Crippen LogP) is 1.95. The fourth-order valence-electron chi connectivity index (χ4n) is 1.27. The highest BCUT2D eigenvalue weighted by molar-refractivity contribution is 5.70. The Bertz CT molecular complexity index is 537. The second-order valence-electron chi connectivity index (χ2n) is 3.30. The zero-order valence-corrected chi connectivity index (χ0v) is 9.16. The van der Waals surface area contributed by atoms with E-state index in [-0.39, 0.29) is 11.3 Å². The molecule has 102 valence electrons. The number of nitrogens with zero attached hydrogens (tertiary/aromatic N) is 2. The lowest BCUT2D eigenvalue weighted by molar-refractivity contribution is -0.274. The topological polar surface area (TPSA) is 83.2 Å². The lowest BCUT2D eigenvalue weighted by Crippen LogP contribution is -2.19. The molecule has 0 unspecified atom stereocenters. The summed E-state index contributed by atoms with van der Waals surface area (Å²) in [7, 11) is 0. The van der Waals surface area contributed by atoms with Crippen molar-refractivity contribution >= 4 is 5.97 Å². The van der Waals surface area contributed by atoms with Crippen LogP contribution in [0.4, 0.5) is 17.6 Å². The van der Waals surface area contributed by atoms with Crippen molar-refractivity contribution in [3.63, 3.8) is 0 Å².